The number of hydrogen-bond acceptors (Lipinski definition) is 3. The highest BCUT2D eigenvalue weighted by Crippen LogP contribution is 2.14. The monoisotopic (exact) mass is 242 g/mol. The molecule has 0 saturated heterocycles. The van der Waals surface area contributed by atoms with Gasteiger partial charge in [0, 0.05) is 6.20 Å². The van der Waals surface area contributed by atoms with Crippen molar-refractivity contribution in [3.05, 3.63) is 53.9 Å². The number of nitrogens with one attached hydrogen (secondary N) is 1. The van der Waals surface area contributed by atoms with Crippen LogP contribution in [0.25, 0.3) is 0 Å². The summed E-state index contributed by atoms with van der Waals surface area (Å²) in [5, 5.41) is 12.1. The van der Waals surface area contributed by atoms with E-state index in [0.717, 1.165) is 11.1 Å². The predicted octanol–water partition coefficient (Wildman–Crippen LogP) is 2.28. The Balaban J connectivity index is 2.03. The van der Waals surface area contributed by atoms with Gasteiger partial charge in [-0.1, -0.05) is 12.1 Å². The zero-order valence-corrected chi connectivity index (χ0v) is 10.1. The van der Waals surface area contributed by atoms with Gasteiger partial charge in [0.2, 0.25) is 5.91 Å². The molecule has 4 nitrogen and oxygen atoms in total. The fourth-order valence-electron chi connectivity index (χ4n) is 1.64. The van der Waals surface area contributed by atoms with Crippen LogP contribution in [0, 0.1) is 6.92 Å². The Hall–Kier alpha value is -2.36. The first-order valence-electron chi connectivity index (χ1n) is 5.63. The highest BCUT2D eigenvalue weighted by atomic mass is 16.3. The van der Waals surface area contributed by atoms with Crippen LogP contribution in [0.1, 0.15) is 11.1 Å². The van der Waals surface area contributed by atoms with E-state index in [4.69, 9.17) is 0 Å². The lowest BCUT2D eigenvalue weighted by atomic mass is 10.1. The van der Waals surface area contributed by atoms with E-state index >= 15 is 0 Å². The molecule has 2 rings (SSSR count). The molecule has 0 radical (unpaired) electrons. The smallest absolute Gasteiger partial charge is 0.228 e. The van der Waals surface area contributed by atoms with E-state index in [9.17, 15) is 9.90 Å². The molecule has 2 N–H and O–H groups in total. The van der Waals surface area contributed by atoms with Crippen molar-refractivity contribution in [2.24, 2.45) is 0 Å². The molecular weight excluding hydrogens is 228 g/mol. The minimum Gasteiger partial charge on any atom is -0.508 e. The van der Waals surface area contributed by atoms with Crippen LogP contribution in [0.2, 0.25) is 0 Å². The van der Waals surface area contributed by atoms with E-state index in [2.05, 4.69) is 10.3 Å². The van der Waals surface area contributed by atoms with Gasteiger partial charge in [0.1, 0.15) is 5.75 Å². The van der Waals surface area contributed by atoms with Gasteiger partial charge in [-0.3, -0.25) is 9.78 Å². The summed E-state index contributed by atoms with van der Waals surface area (Å²) in [5.74, 6) is 0.0366. The Labute approximate surface area is 105 Å². The third kappa shape index (κ3) is 3.07. The number of amides is 1. The SMILES string of the molecule is Cc1ccncc1NC(=O)Cc1cccc(O)c1. The van der Waals surface area contributed by atoms with Crippen LogP contribution in [-0.2, 0) is 11.2 Å². The molecule has 2 aromatic rings. The van der Waals surface area contributed by atoms with Gasteiger partial charge in [0.05, 0.1) is 18.3 Å². The van der Waals surface area contributed by atoms with Crippen molar-refractivity contribution in [1.82, 2.24) is 4.98 Å². The van der Waals surface area contributed by atoms with Gasteiger partial charge in [0.15, 0.2) is 0 Å². The molecule has 0 aliphatic carbocycles. The lowest BCUT2D eigenvalue weighted by Crippen LogP contribution is -2.15. The van der Waals surface area contributed by atoms with Crippen LogP contribution in [-0.4, -0.2) is 16.0 Å². The normalized spacial score (nSPS) is 10.1. The number of benzene rings is 1. The number of pyridine rings is 1. The van der Waals surface area contributed by atoms with Crippen molar-refractivity contribution in [3.8, 4) is 5.75 Å². The number of aryl methyl sites for hydroxylation is 1. The van der Waals surface area contributed by atoms with E-state index in [0.29, 0.717) is 5.69 Å². The predicted molar refractivity (Wildman–Crippen MR) is 69.4 cm³/mol. The zero-order chi connectivity index (χ0) is 13.0. The maximum atomic E-state index is 11.8. The summed E-state index contributed by atoms with van der Waals surface area (Å²) in [4.78, 5) is 15.8. The minimum absolute atomic E-state index is 0.128. The Bertz CT molecular complexity index is 567. The average Bonchev–Trinajstić information content (AvgIpc) is 2.32. The largest absolute Gasteiger partial charge is 0.508 e. The summed E-state index contributed by atoms with van der Waals surface area (Å²) in [6, 6.07) is 8.51. The molecule has 4 heteroatoms. The van der Waals surface area contributed by atoms with E-state index in [1.165, 1.54) is 0 Å². The summed E-state index contributed by atoms with van der Waals surface area (Å²) in [6.07, 6.45) is 3.53. The van der Waals surface area contributed by atoms with E-state index in [-0.39, 0.29) is 18.1 Å². The second-order valence-electron chi connectivity index (χ2n) is 4.09. The molecule has 0 saturated carbocycles. The first-order valence-corrected chi connectivity index (χ1v) is 5.63. The Morgan fingerprint density at radius 1 is 1.39 bits per heavy atom. The van der Waals surface area contributed by atoms with Crippen LogP contribution < -0.4 is 5.32 Å². The highest BCUT2D eigenvalue weighted by Gasteiger charge is 2.06. The Kier molecular flexibility index (Phi) is 3.57. The van der Waals surface area contributed by atoms with Gasteiger partial charge in [-0.25, -0.2) is 0 Å². The quantitative estimate of drug-likeness (QED) is 0.868. The van der Waals surface area contributed by atoms with Crippen molar-refractivity contribution in [1.29, 1.82) is 0 Å². The van der Waals surface area contributed by atoms with E-state index < -0.39 is 0 Å². The standard InChI is InChI=1S/C14H14N2O2/c1-10-5-6-15-9-13(10)16-14(18)8-11-3-2-4-12(17)7-11/h2-7,9,17H,8H2,1H3,(H,16,18). The van der Waals surface area contributed by atoms with Crippen molar-refractivity contribution < 1.29 is 9.90 Å². The van der Waals surface area contributed by atoms with Crippen LogP contribution in [0.4, 0.5) is 5.69 Å². The number of carbonyl (C=O) groups is 1. The second kappa shape index (κ2) is 5.31. The van der Waals surface area contributed by atoms with Gasteiger partial charge in [0.25, 0.3) is 0 Å². The van der Waals surface area contributed by atoms with Crippen molar-refractivity contribution in [2.45, 2.75) is 13.3 Å². The lowest BCUT2D eigenvalue weighted by molar-refractivity contribution is -0.115. The molecule has 1 amide bonds. The van der Waals surface area contributed by atoms with Crippen LogP contribution >= 0.6 is 0 Å². The fraction of sp³-hybridized carbons (Fsp3) is 0.143. The van der Waals surface area contributed by atoms with Gasteiger partial charge in [-0.2, -0.15) is 0 Å². The molecule has 0 unspecified atom stereocenters. The molecule has 0 atom stereocenters. The zero-order valence-electron chi connectivity index (χ0n) is 10.1. The Morgan fingerprint density at radius 3 is 2.94 bits per heavy atom. The molecular formula is C14H14N2O2. The first-order chi connectivity index (χ1) is 8.65. The van der Waals surface area contributed by atoms with Gasteiger partial charge >= 0.3 is 0 Å². The van der Waals surface area contributed by atoms with E-state index in [1.54, 1.807) is 36.7 Å². The molecule has 1 heterocycles. The molecule has 0 aliphatic heterocycles. The Morgan fingerprint density at radius 2 is 2.22 bits per heavy atom. The maximum Gasteiger partial charge on any atom is 0.228 e. The van der Waals surface area contributed by atoms with Crippen LogP contribution in [0.3, 0.4) is 0 Å². The van der Waals surface area contributed by atoms with Crippen LogP contribution in [0.5, 0.6) is 5.75 Å². The summed E-state index contributed by atoms with van der Waals surface area (Å²) < 4.78 is 0. The summed E-state index contributed by atoms with van der Waals surface area (Å²) in [7, 11) is 0. The average molecular weight is 242 g/mol. The van der Waals surface area contributed by atoms with Gasteiger partial charge in [-0.15, -0.1) is 0 Å². The highest BCUT2D eigenvalue weighted by molar-refractivity contribution is 5.92. The summed E-state index contributed by atoms with van der Waals surface area (Å²) in [5.41, 5.74) is 2.45. The molecule has 0 spiro atoms. The summed E-state index contributed by atoms with van der Waals surface area (Å²) in [6.45, 7) is 1.91. The maximum absolute atomic E-state index is 11.8. The minimum atomic E-state index is -0.128. The summed E-state index contributed by atoms with van der Waals surface area (Å²) >= 11 is 0. The second-order valence-corrected chi connectivity index (χ2v) is 4.09. The molecule has 18 heavy (non-hydrogen) atoms. The molecule has 92 valence electrons. The third-order valence-corrected chi connectivity index (χ3v) is 2.59. The topological polar surface area (TPSA) is 62.2 Å². The molecule has 0 bridgehead atoms. The number of anilines is 1. The number of carbonyl (C=O) groups excluding carboxylic acids is 1. The molecule has 1 aromatic carbocycles. The number of nitrogens with zero attached hydrogens (tertiary/aromatic N) is 1. The molecule has 0 aliphatic rings. The first kappa shape index (κ1) is 12.1. The number of hydrogen-bond donors (Lipinski definition) is 2. The number of phenols is 1. The molecule has 0 fully saturated rings. The molecule has 1 aromatic heterocycles. The van der Waals surface area contributed by atoms with Gasteiger partial charge in [-0.05, 0) is 36.2 Å². The lowest BCUT2D eigenvalue weighted by Gasteiger charge is -2.07. The third-order valence-electron chi connectivity index (χ3n) is 2.59. The van der Waals surface area contributed by atoms with Crippen LogP contribution in [0.15, 0.2) is 42.7 Å². The van der Waals surface area contributed by atoms with E-state index in [1.807, 2.05) is 13.0 Å². The number of aromatic hydroxyl groups is 1. The number of phenolic OH excluding ortho intramolecular Hbond substituents is 1. The van der Waals surface area contributed by atoms with Crippen molar-refractivity contribution in [2.75, 3.05) is 5.32 Å². The number of aromatic nitrogens is 1. The number of rotatable bonds is 3. The fourth-order valence-corrected chi connectivity index (χ4v) is 1.64. The van der Waals surface area contributed by atoms with Gasteiger partial charge < -0.3 is 10.4 Å². The van der Waals surface area contributed by atoms with Crippen molar-refractivity contribution in [3.63, 3.8) is 0 Å². The van der Waals surface area contributed by atoms with Crippen molar-refractivity contribution >= 4 is 11.6 Å².